The van der Waals surface area contributed by atoms with Crippen LogP contribution in [0.1, 0.15) is 31.7 Å². The van der Waals surface area contributed by atoms with Crippen molar-refractivity contribution in [1.82, 2.24) is 14.9 Å². The molecule has 0 aliphatic carbocycles. The highest BCUT2D eigenvalue weighted by Crippen LogP contribution is 2.36. The lowest BCUT2D eigenvalue weighted by molar-refractivity contribution is -0.128. The lowest BCUT2D eigenvalue weighted by Gasteiger charge is -2.26. The highest BCUT2D eigenvalue weighted by Gasteiger charge is 2.24. The zero-order valence-electron chi connectivity index (χ0n) is 18.0. The third-order valence-electron chi connectivity index (χ3n) is 5.12. The van der Waals surface area contributed by atoms with Crippen molar-refractivity contribution >= 4 is 34.5 Å². The minimum atomic E-state index is -0.261. The number of benzene rings is 2. The topological polar surface area (TPSA) is 84.5 Å². The van der Waals surface area contributed by atoms with Gasteiger partial charge in [-0.3, -0.25) is 9.59 Å². The average molecular weight is 454 g/mol. The molecule has 0 unspecified atom stereocenters. The quantitative estimate of drug-likeness (QED) is 0.579. The first kappa shape index (κ1) is 21.9. The number of hydrogen-bond donors (Lipinski definition) is 1. The molecular formula is C24H24ClN3O4. The molecular weight excluding hydrogens is 430 g/mol. The van der Waals surface area contributed by atoms with Gasteiger partial charge in [-0.25, -0.2) is 4.98 Å². The summed E-state index contributed by atoms with van der Waals surface area (Å²) in [6.45, 7) is 5.27. The summed E-state index contributed by atoms with van der Waals surface area (Å²) >= 11 is 6.06. The number of aromatic nitrogens is 2. The zero-order chi connectivity index (χ0) is 22.7. The SMILES string of the molecule is CCCN(Cc1nc2cc(Cl)ccc2c(=O)[nH]1)C(=O)C1=Cc2cccc(OCC)c2OC1. The number of carbonyl (C=O) groups is 1. The van der Waals surface area contributed by atoms with Crippen molar-refractivity contribution in [2.75, 3.05) is 19.8 Å². The Hall–Kier alpha value is -3.32. The van der Waals surface area contributed by atoms with Gasteiger partial charge in [-0.15, -0.1) is 0 Å². The van der Waals surface area contributed by atoms with Crippen LogP contribution in [0.5, 0.6) is 11.5 Å². The number of carbonyl (C=O) groups excluding carboxylic acids is 1. The van der Waals surface area contributed by atoms with E-state index in [1.807, 2.05) is 38.1 Å². The molecule has 3 aromatic rings. The second-order valence-electron chi connectivity index (χ2n) is 7.47. The zero-order valence-corrected chi connectivity index (χ0v) is 18.7. The minimum Gasteiger partial charge on any atom is -0.490 e. The molecule has 0 spiro atoms. The molecule has 1 aromatic heterocycles. The second-order valence-corrected chi connectivity index (χ2v) is 7.90. The number of nitrogens with zero attached hydrogens (tertiary/aromatic N) is 2. The standard InChI is InChI=1S/C24H24ClN3O4/c1-3-10-28(13-21-26-19-12-17(25)8-9-18(19)23(29)27-21)24(30)16-11-15-6-5-7-20(31-4-2)22(15)32-14-16/h5-9,11-12H,3-4,10,13-14H2,1-2H3,(H,26,27,29). The third kappa shape index (κ3) is 4.48. The molecule has 1 amide bonds. The number of fused-ring (bicyclic) bond motifs is 2. The number of nitrogens with one attached hydrogen (secondary N) is 1. The third-order valence-corrected chi connectivity index (χ3v) is 5.36. The Kier molecular flexibility index (Phi) is 6.46. The molecule has 166 valence electrons. The van der Waals surface area contributed by atoms with Crippen molar-refractivity contribution in [1.29, 1.82) is 0 Å². The fourth-order valence-electron chi connectivity index (χ4n) is 3.71. The summed E-state index contributed by atoms with van der Waals surface area (Å²) < 4.78 is 11.5. The molecule has 0 fully saturated rings. The Morgan fingerprint density at radius 2 is 2.12 bits per heavy atom. The van der Waals surface area contributed by atoms with Gasteiger partial charge in [0.1, 0.15) is 12.4 Å². The monoisotopic (exact) mass is 453 g/mol. The molecule has 32 heavy (non-hydrogen) atoms. The van der Waals surface area contributed by atoms with E-state index in [0.29, 0.717) is 52.0 Å². The van der Waals surface area contributed by atoms with Gasteiger partial charge in [0.05, 0.1) is 29.6 Å². The van der Waals surface area contributed by atoms with Gasteiger partial charge in [0.15, 0.2) is 11.5 Å². The van der Waals surface area contributed by atoms with Gasteiger partial charge in [0, 0.05) is 17.1 Å². The van der Waals surface area contributed by atoms with Crippen molar-refractivity contribution < 1.29 is 14.3 Å². The first-order valence-electron chi connectivity index (χ1n) is 10.6. The Balaban J connectivity index is 1.62. The van der Waals surface area contributed by atoms with E-state index in [0.717, 1.165) is 12.0 Å². The van der Waals surface area contributed by atoms with Crippen LogP contribution in [0.4, 0.5) is 0 Å². The van der Waals surface area contributed by atoms with E-state index in [2.05, 4.69) is 9.97 Å². The van der Waals surface area contributed by atoms with Crippen LogP contribution in [0, 0.1) is 0 Å². The predicted octanol–water partition coefficient (Wildman–Crippen LogP) is 4.19. The number of amides is 1. The van der Waals surface area contributed by atoms with E-state index in [9.17, 15) is 9.59 Å². The predicted molar refractivity (Wildman–Crippen MR) is 124 cm³/mol. The van der Waals surface area contributed by atoms with Crippen LogP contribution < -0.4 is 15.0 Å². The molecule has 1 aliphatic heterocycles. The fourth-order valence-corrected chi connectivity index (χ4v) is 3.88. The molecule has 2 aromatic carbocycles. The number of para-hydroxylation sites is 1. The Bertz CT molecular complexity index is 1250. The summed E-state index contributed by atoms with van der Waals surface area (Å²) in [5.41, 5.74) is 1.57. The number of halogens is 1. The lowest BCUT2D eigenvalue weighted by Crippen LogP contribution is -2.35. The minimum absolute atomic E-state index is 0.146. The van der Waals surface area contributed by atoms with E-state index in [1.54, 1.807) is 23.1 Å². The maximum Gasteiger partial charge on any atom is 0.258 e. The van der Waals surface area contributed by atoms with Crippen molar-refractivity contribution in [2.24, 2.45) is 0 Å². The average Bonchev–Trinajstić information content (AvgIpc) is 2.78. The first-order valence-corrected chi connectivity index (χ1v) is 10.9. The summed E-state index contributed by atoms with van der Waals surface area (Å²) in [7, 11) is 0. The summed E-state index contributed by atoms with van der Waals surface area (Å²) in [6, 6.07) is 10.5. The Morgan fingerprint density at radius 3 is 2.91 bits per heavy atom. The highest BCUT2D eigenvalue weighted by atomic mass is 35.5. The summed E-state index contributed by atoms with van der Waals surface area (Å²) in [6.07, 6.45) is 2.59. The van der Waals surface area contributed by atoms with Crippen LogP contribution in [0.2, 0.25) is 5.02 Å². The van der Waals surface area contributed by atoms with Crippen LogP contribution in [-0.2, 0) is 11.3 Å². The first-order chi connectivity index (χ1) is 15.5. The molecule has 1 aliphatic rings. The molecule has 8 heteroatoms. The molecule has 0 saturated carbocycles. The van der Waals surface area contributed by atoms with Crippen LogP contribution in [0.15, 0.2) is 46.8 Å². The summed E-state index contributed by atoms with van der Waals surface area (Å²) in [4.78, 5) is 34.7. The highest BCUT2D eigenvalue weighted by molar-refractivity contribution is 6.31. The van der Waals surface area contributed by atoms with Crippen LogP contribution >= 0.6 is 11.6 Å². The van der Waals surface area contributed by atoms with Crippen molar-refractivity contribution in [3.8, 4) is 11.5 Å². The van der Waals surface area contributed by atoms with Crippen molar-refractivity contribution in [2.45, 2.75) is 26.8 Å². The molecule has 7 nitrogen and oxygen atoms in total. The van der Waals surface area contributed by atoms with E-state index >= 15 is 0 Å². The van der Waals surface area contributed by atoms with Crippen LogP contribution in [0.25, 0.3) is 17.0 Å². The van der Waals surface area contributed by atoms with Gasteiger partial charge in [0.25, 0.3) is 11.5 Å². The molecule has 2 heterocycles. The Morgan fingerprint density at radius 1 is 1.28 bits per heavy atom. The second kappa shape index (κ2) is 9.44. The number of rotatable bonds is 7. The summed E-state index contributed by atoms with van der Waals surface area (Å²) in [5, 5.41) is 0.953. The fraction of sp³-hybridized carbons (Fsp3) is 0.292. The van der Waals surface area contributed by atoms with Gasteiger partial charge in [-0.2, -0.15) is 0 Å². The molecule has 0 bridgehead atoms. The molecule has 4 rings (SSSR count). The smallest absolute Gasteiger partial charge is 0.258 e. The van der Waals surface area contributed by atoms with E-state index < -0.39 is 0 Å². The van der Waals surface area contributed by atoms with E-state index in [4.69, 9.17) is 21.1 Å². The van der Waals surface area contributed by atoms with Crippen LogP contribution in [0.3, 0.4) is 0 Å². The number of hydrogen-bond acceptors (Lipinski definition) is 5. The molecule has 1 N–H and O–H groups in total. The maximum absolute atomic E-state index is 13.3. The lowest BCUT2D eigenvalue weighted by atomic mass is 10.1. The number of ether oxygens (including phenoxy) is 2. The molecule has 0 atom stereocenters. The van der Waals surface area contributed by atoms with E-state index in [-0.39, 0.29) is 24.6 Å². The molecule has 0 radical (unpaired) electrons. The summed E-state index contributed by atoms with van der Waals surface area (Å²) in [5.74, 6) is 1.55. The van der Waals surface area contributed by atoms with Gasteiger partial charge in [-0.1, -0.05) is 30.7 Å². The van der Waals surface area contributed by atoms with Gasteiger partial charge in [0.2, 0.25) is 0 Å². The van der Waals surface area contributed by atoms with Crippen molar-refractivity contribution in [3.63, 3.8) is 0 Å². The maximum atomic E-state index is 13.3. The molecule has 0 saturated heterocycles. The number of aromatic amines is 1. The van der Waals surface area contributed by atoms with Crippen molar-refractivity contribution in [3.05, 3.63) is 68.7 Å². The Labute approximate surface area is 190 Å². The van der Waals surface area contributed by atoms with E-state index in [1.165, 1.54) is 0 Å². The van der Waals surface area contributed by atoms with Gasteiger partial charge in [-0.05, 0) is 43.7 Å². The van der Waals surface area contributed by atoms with Crippen LogP contribution in [-0.4, -0.2) is 40.5 Å². The largest absolute Gasteiger partial charge is 0.490 e. The normalized spacial score (nSPS) is 12.7. The van der Waals surface area contributed by atoms with Gasteiger partial charge < -0.3 is 19.4 Å². The number of H-pyrrole nitrogens is 1. The van der Waals surface area contributed by atoms with Gasteiger partial charge >= 0.3 is 0 Å².